The summed E-state index contributed by atoms with van der Waals surface area (Å²) in [5, 5.41) is 0. The molecule has 6 nitrogen and oxygen atoms in total. The molecule has 2 rings (SSSR count). The van der Waals surface area contributed by atoms with Crippen molar-refractivity contribution in [2.75, 3.05) is 17.1 Å². The zero-order valence-electron chi connectivity index (χ0n) is 15.1. The van der Waals surface area contributed by atoms with E-state index >= 15 is 0 Å². The summed E-state index contributed by atoms with van der Waals surface area (Å²) in [7, 11) is -3.65. The standard InChI is InChI=1S/C19H21NO5S2/c1-3-25-19(22)12-16(21)13-26-17-8-6-15(7-9-17)20-27(23,24)18-10-4-14(2)5-11-18/h4-11,20H,3,12-13H2,1-2H3. The number of sulfonamides is 1. The van der Waals surface area contributed by atoms with Gasteiger partial charge in [0.05, 0.1) is 17.3 Å². The molecule has 144 valence electrons. The van der Waals surface area contributed by atoms with Crippen LogP contribution in [-0.4, -0.2) is 32.5 Å². The normalized spacial score (nSPS) is 11.0. The SMILES string of the molecule is CCOC(=O)CC(=O)CSc1ccc(NS(=O)(=O)c2ccc(C)cc2)cc1. The Labute approximate surface area is 163 Å². The van der Waals surface area contributed by atoms with Crippen molar-refractivity contribution in [2.24, 2.45) is 0 Å². The summed E-state index contributed by atoms with van der Waals surface area (Å²) >= 11 is 1.28. The smallest absolute Gasteiger partial charge is 0.313 e. The van der Waals surface area contributed by atoms with E-state index in [2.05, 4.69) is 4.72 Å². The van der Waals surface area contributed by atoms with Crippen LogP contribution in [0.5, 0.6) is 0 Å². The number of aryl methyl sites for hydroxylation is 1. The highest BCUT2D eigenvalue weighted by atomic mass is 32.2. The lowest BCUT2D eigenvalue weighted by atomic mass is 10.2. The van der Waals surface area contributed by atoms with Gasteiger partial charge in [-0.3, -0.25) is 14.3 Å². The summed E-state index contributed by atoms with van der Waals surface area (Å²) in [6, 6.07) is 13.3. The summed E-state index contributed by atoms with van der Waals surface area (Å²) in [5.74, 6) is -0.598. The highest BCUT2D eigenvalue weighted by molar-refractivity contribution is 8.00. The van der Waals surface area contributed by atoms with Crippen LogP contribution in [0.4, 0.5) is 5.69 Å². The highest BCUT2D eigenvalue weighted by Gasteiger charge is 2.14. The van der Waals surface area contributed by atoms with E-state index in [9.17, 15) is 18.0 Å². The third-order valence-electron chi connectivity index (χ3n) is 3.48. The average molecular weight is 408 g/mol. The van der Waals surface area contributed by atoms with Crippen LogP contribution in [0.2, 0.25) is 0 Å². The van der Waals surface area contributed by atoms with Gasteiger partial charge in [0, 0.05) is 10.6 Å². The third kappa shape index (κ3) is 6.73. The summed E-state index contributed by atoms with van der Waals surface area (Å²) < 4.78 is 32.0. The van der Waals surface area contributed by atoms with Crippen LogP contribution in [-0.2, 0) is 24.3 Å². The number of hydrogen-bond acceptors (Lipinski definition) is 6. The molecule has 0 saturated heterocycles. The lowest BCUT2D eigenvalue weighted by molar-refractivity contribution is -0.145. The summed E-state index contributed by atoms with van der Waals surface area (Å²) in [6.07, 6.45) is -0.241. The second kappa shape index (κ2) is 9.57. The van der Waals surface area contributed by atoms with Gasteiger partial charge in [-0.1, -0.05) is 17.7 Å². The van der Waals surface area contributed by atoms with Crippen LogP contribution in [0.15, 0.2) is 58.3 Å². The summed E-state index contributed by atoms with van der Waals surface area (Å²) in [6.45, 7) is 3.82. The molecule has 0 aliphatic heterocycles. The number of carbonyl (C=O) groups excluding carboxylic acids is 2. The summed E-state index contributed by atoms with van der Waals surface area (Å²) in [4.78, 5) is 24.0. The van der Waals surface area contributed by atoms with Gasteiger partial charge >= 0.3 is 5.97 Å². The van der Waals surface area contributed by atoms with Crippen LogP contribution in [0, 0.1) is 6.92 Å². The van der Waals surface area contributed by atoms with Crippen LogP contribution >= 0.6 is 11.8 Å². The van der Waals surface area contributed by atoms with E-state index in [1.165, 1.54) is 11.8 Å². The number of anilines is 1. The summed E-state index contributed by atoms with van der Waals surface area (Å²) in [5.41, 5.74) is 1.41. The lowest BCUT2D eigenvalue weighted by Gasteiger charge is -2.09. The first kappa shape index (κ1) is 21.0. The number of ketones is 1. The fourth-order valence-corrected chi connectivity index (χ4v) is 3.96. The minimum Gasteiger partial charge on any atom is -0.466 e. The maximum atomic E-state index is 12.4. The van der Waals surface area contributed by atoms with E-state index in [1.807, 2.05) is 6.92 Å². The van der Waals surface area contributed by atoms with Gasteiger partial charge in [0.1, 0.15) is 6.42 Å². The Hall–Kier alpha value is -2.32. The molecule has 0 atom stereocenters. The van der Waals surface area contributed by atoms with Crippen LogP contribution in [0.3, 0.4) is 0 Å². The molecule has 0 saturated carbocycles. The van der Waals surface area contributed by atoms with E-state index in [4.69, 9.17) is 4.74 Å². The number of thioether (sulfide) groups is 1. The van der Waals surface area contributed by atoms with Crippen molar-refractivity contribution in [3.05, 3.63) is 54.1 Å². The van der Waals surface area contributed by atoms with Crippen molar-refractivity contribution in [3.8, 4) is 0 Å². The average Bonchev–Trinajstić information content (AvgIpc) is 2.61. The first-order valence-corrected chi connectivity index (χ1v) is 10.8. The first-order valence-electron chi connectivity index (χ1n) is 8.30. The molecule has 2 aromatic carbocycles. The Balaban J connectivity index is 1.92. The van der Waals surface area contributed by atoms with Crippen molar-refractivity contribution in [1.29, 1.82) is 0 Å². The molecular formula is C19H21NO5S2. The van der Waals surface area contributed by atoms with Gasteiger partial charge in [-0.25, -0.2) is 8.42 Å². The molecule has 1 N–H and O–H groups in total. The molecule has 0 unspecified atom stereocenters. The minimum atomic E-state index is -3.65. The number of nitrogens with one attached hydrogen (secondary N) is 1. The first-order chi connectivity index (χ1) is 12.8. The molecule has 0 amide bonds. The molecule has 0 aliphatic rings. The number of ether oxygens (including phenoxy) is 1. The Morgan fingerprint density at radius 2 is 1.67 bits per heavy atom. The Bertz CT molecular complexity index is 891. The van der Waals surface area contributed by atoms with Gasteiger partial charge in [-0.05, 0) is 50.2 Å². The predicted octanol–water partition coefficient (Wildman–Crippen LogP) is 3.41. The number of rotatable bonds is 9. The molecule has 0 aromatic heterocycles. The van der Waals surface area contributed by atoms with Crippen molar-refractivity contribution in [2.45, 2.75) is 30.1 Å². The van der Waals surface area contributed by atoms with E-state index < -0.39 is 16.0 Å². The Kier molecular flexibility index (Phi) is 7.44. The lowest BCUT2D eigenvalue weighted by Crippen LogP contribution is -2.13. The second-order valence-electron chi connectivity index (χ2n) is 5.75. The zero-order valence-corrected chi connectivity index (χ0v) is 16.7. The van der Waals surface area contributed by atoms with Crippen molar-refractivity contribution in [1.82, 2.24) is 0 Å². The van der Waals surface area contributed by atoms with Gasteiger partial charge < -0.3 is 4.74 Å². The molecule has 0 radical (unpaired) electrons. The second-order valence-corrected chi connectivity index (χ2v) is 8.48. The van der Waals surface area contributed by atoms with Gasteiger partial charge in [-0.15, -0.1) is 11.8 Å². The van der Waals surface area contributed by atoms with Crippen molar-refractivity contribution >= 4 is 39.2 Å². The Morgan fingerprint density at radius 3 is 2.26 bits per heavy atom. The molecule has 0 spiro atoms. The minimum absolute atomic E-state index is 0.146. The van der Waals surface area contributed by atoms with E-state index in [0.717, 1.165) is 10.5 Å². The largest absolute Gasteiger partial charge is 0.466 e. The van der Waals surface area contributed by atoms with E-state index in [1.54, 1.807) is 55.5 Å². The molecular weight excluding hydrogens is 386 g/mol. The molecule has 27 heavy (non-hydrogen) atoms. The number of benzene rings is 2. The third-order valence-corrected chi connectivity index (χ3v) is 5.95. The molecule has 0 heterocycles. The van der Waals surface area contributed by atoms with Gasteiger partial charge in [-0.2, -0.15) is 0 Å². The number of esters is 1. The molecule has 0 fully saturated rings. The van der Waals surface area contributed by atoms with Crippen LogP contribution in [0.1, 0.15) is 18.9 Å². The van der Waals surface area contributed by atoms with Crippen LogP contribution in [0.25, 0.3) is 0 Å². The van der Waals surface area contributed by atoms with Crippen molar-refractivity contribution < 1.29 is 22.7 Å². The molecule has 8 heteroatoms. The van der Waals surface area contributed by atoms with Crippen molar-refractivity contribution in [3.63, 3.8) is 0 Å². The van der Waals surface area contributed by atoms with Crippen LogP contribution < -0.4 is 4.72 Å². The molecule has 0 bridgehead atoms. The number of Topliss-reactive ketones (excluding diaryl/α,β-unsaturated/α-hetero) is 1. The van der Waals surface area contributed by atoms with E-state index in [0.29, 0.717) is 5.69 Å². The fourth-order valence-electron chi connectivity index (χ4n) is 2.14. The van der Waals surface area contributed by atoms with Gasteiger partial charge in [0.25, 0.3) is 10.0 Å². The predicted molar refractivity (Wildman–Crippen MR) is 105 cm³/mol. The maximum Gasteiger partial charge on any atom is 0.313 e. The van der Waals surface area contributed by atoms with Gasteiger partial charge in [0.2, 0.25) is 0 Å². The topological polar surface area (TPSA) is 89.5 Å². The zero-order chi connectivity index (χ0) is 19.9. The maximum absolute atomic E-state index is 12.4. The van der Waals surface area contributed by atoms with E-state index in [-0.39, 0.29) is 29.5 Å². The highest BCUT2D eigenvalue weighted by Crippen LogP contribution is 2.22. The number of hydrogen-bond donors (Lipinski definition) is 1. The molecule has 0 aliphatic carbocycles. The Morgan fingerprint density at radius 1 is 1.04 bits per heavy atom. The number of carbonyl (C=O) groups is 2. The monoisotopic (exact) mass is 407 g/mol. The quantitative estimate of drug-likeness (QED) is 0.389. The van der Waals surface area contributed by atoms with Gasteiger partial charge in [0.15, 0.2) is 5.78 Å². The molecule has 2 aromatic rings. The fraction of sp³-hybridized carbons (Fsp3) is 0.263.